The maximum Gasteiger partial charge on any atom is 0.407 e. The molecule has 214 valence electrons. The fourth-order valence-corrected chi connectivity index (χ4v) is 4.81. The molecular formula is C27H40N6O6. The maximum absolute atomic E-state index is 13.5. The Kier molecular flexibility index (Phi) is 11.0. The highest BCUT2D eigenvalue weighted by Gasteiger charge is 2.50. The van der Waals surface area contributed by atoms with Gasteiger partial charge in [0.05, 0.1) is 20.2 Å². The Morgan fingerprint density at radius 2 is 1.90 bits per heavy atom. The smallest absolute Gasteiger partial charge is 0.407 e. The van der Waals surface area contributed by atoms with Crippen LogP contribution in [0, 0.1) is 0 Å². The monoisotopic (exact) mass is 544 g/mol. The van der Waals surface area contributed by atoms with Crippen LogP contribution in [0.3, 0.4) is 0 Å². The molecule has 0 aromatic heterocycles. The van der Waals surface area contributed by atoms with E-state index in [9.17, 15) is 19.2 Å². The molecule has 0 unspecified atom stereocenters. The number of benzene rings is 1. The zero-order valence-electron chi connectivity index (χ0n) is 23.1. The van der Waals surface area contributed by atoms with Gasteiger partial charge in [0, 0.05) is 26.7 Å². The summed E-state index contributed by atoms with van der Waals surface area (Å²) < 4.78 is 10.1. The fraction of sp³-hybridized carbons (Fsp3) is 0.556. The largest absolute Gasteiger partial charge is 0.497 e. The molecule has 12 heteroatoms. The van der Waals surface area contributed by atoms with Crippen LogP contribution < -0.4 is 15.4 Å². The van der Waals surface area contributed by atoms with E-state index < -0.39 is 18.3 Å². The zero-order valence-corrected chi connectivity index (χ0v) is 23.1. The second kappa shape index (κ2) is 14.4. The minimum absolute atomic E-state index is 0.0304. The van der Waals surface area contributed by atoms with Gasteiger partial charge in [-0.15, -0.1) is 0 Å². The summed E-state index contributed by atoms with van der Waals surface area (Å²) in [6.07, 6.45) is 2.79. The van der Waals surface area contributed by atoms with Gasteiger partial charge in [0.15, 0.2) is 0 Å². The van der Waals surface area contributed by atoms with E-state index in [1.165, 1.54) is 11.1 Å². The van der Waals surface area contributed by atoms with Gasteiger partial charge in [-0.3, -0.25) is 9.59 Å². The number of nitrogens with one attached hydrogen (secondary N) is 2. The van der Waals surface area contributed by atoms with Crippen molar-refractivity contribution in [2.45, 2.75) is 51.4 Å². The van der Waals surface area contributed by atoms with Gasteiger partial charge in [0.25, 0.3) is 0 Å². The van der Waals surface area contributed by atoms with E-state index in [4.69, 9.17) is 9.47 Å². The van der Waals surface area contributed by atoms with E-state index >= 15 is 0 Å². The quantitative estimate of drug-likeness (QED) is 0.304. The standard InChI is InChI=1S/C27H40N6O6/c1-5-7-15-31-18-23-32(22(25(31)35)9-8-14-28-27(37)39-16-6-2)24(34)19-30(3)33(23)26(36)29-17-20-10-12-21(38-4)13-11-20/h6,10-13,22-23H,2,5,7-9,14-19H2,1,3-4H3,(H,28,37)(H,29,36)/t22-,23-/m0/s1. The average molecular weight is 545 g/mol. The number of alkyl carbamates (subject to hydrolysis) is 1. The molecule has 39 heavy (non-hydrogen) atoms. The number of carbonyl (C=O) groups excluding carboxylic acids is 4. The normalized spacial score (nSPS) is 19.4. The molecule has 2 saturated heterocycles. The van der Waals surface area contributed by atoms with Gasteiger partial charge in [-0.05, 0) is 37.0 Å². The number of hydrogen-bond acceptors (Lipinski definition) is 7. The van der Waals surface area contributed by atoms with Crippen LogP contribution in [0.4, 0.5) is 9.59 Å². The summed E-state index contributed by atoms with van der Waals surface area (Å²) >= 11 is 0. The third-order valence-electron chi connectivity index (χ3n) is 6.79. The first kappa shape index (κ1) is 29.8. The van der Waals surface area contributed by atoms with Crippen molar-refractivity contribution in [3.05, 3.63) is 42.5 Å². The molecule has 0 spiro atoms. The summed E-state index contributed by atoms with van der Waals surface area (Å²) in [6, 6.07) is 6.31. The number of piperazine rings is 1. The Hall–Kier alpha value is -3.80. The second-order valence-corrected chi connectivity index (χ2v) is 9.56. The van der Waals surface area contributed by atoms with Crippen molar-refractivity contribution in [2.24, 2.45) is 0 Å². The number of nitrogens with zero attached hydrogens (tertiary/aromatic N) is 4. The first-order valence-electron chi connectivity index (χ1n) is 13.3. The summed E-state index contributed by atoms with van der Waals surface area (Å²) in [6.45, 7) is 6.98. The minimum atomic E-state index is -0.732. The number of urea groups is 1. The number of likely N-dealkylation sites (N-methyl/N-ethyl adjacent to an activating group) is 1. The van der Waals surface area contributed by atoms with E-state index in [-0.39, 0.29) is 44.1 Å². The predicted octanol–water partition coefficient (Wildman–Crippen LogP) is 1.93. The molecule has 2 N–H and O–H groups in total. The van der Waals surface area contributed by atoms with Crippen molar-refractivity contribution in [3.8, 4) is 5.75 Å². The number of methoxy groups -OCH3 is 1. The van der Waals surface area contributed by atoms with Crippen molar-refractivity contribution in [3.63, 3.8) is 0 Å². The Labute approximate surface area is 229 Å². The van der Waals surface area contributed by atoms with Gasteiger partial charge in [0.1, 0.15) is 24.6 Å². The highest BCUT2D eigenvalue weighted by molar-refractivity contribution is 5.91. The molecule has 0 saturated carbocycles. The molecule has 1 aromatic rings. The average Bonchev–Trinajstić information content (AvgIpc) is 2.93. The Morgan fingerprint density at radius 3 is 2.56 bits per heavy atom. The lowest BCUT2D eigenvalue weighted by molar-refractivity contribution is -0.187. The number of carbonyl (C=O) groups is 4. The van der Waals surface area contributed by atoms with E-state index in [0.29, 0.717) is 25.9 Å². The fourth-order valence-electron chi connectivity index (χ4n) is 4.81. The molecule has 0 aliphatic carbocycles. The van der Waals surface area contributed by atoms with Crippen LogP contribution >= 0.6 is 0 Å². The Balaban J connectivity index is 1.73. The lowest BCUT2D eigenvalue weighted by Gasteiger charge is -2.54. The van der Waals surface area contributed by atoms with E-state index in [1.807, 2.05) is 31.2 Å². The van der Waals surface area contributed by atoms with Crippen LogP contribution in [0.5, 0.6) is 5.75 Å². The number of rotatable bonds is 12. The molecule has 2 aliphatic heterocycles. The van der Waals surface area contributed by atoms with Crippen LogP contribution in [-0.4, -0.2) is 103 Å². The maximum atomic E-state index is 13.5. The second-order valence-electron chi connectivity index (χ2n) is 9.56. The third kappa shape index (κ3) is 7.62. The zero-order chi connectivity index (χ0) is 28.4. The van der Waals surface area contributed by atoms with E-state index in [0.717, 1.165) is 24.2 Å². The molecule has 12 nitrogen and oxygen atoms in total. The molecule has 0 radical (unpaired) electrons. The minimum Gasteiger partial charge on any atom is -0.497 e. The number of unbranched alkanes of at least 4 members (excludes halogenated alkanes) is 1. The number of ether oxygens (including phenoxy) is 2. The van der Waals surface area contributed by atoms with Crippen LogP contribution in [0.1, 0.15) is 38.2 Å². The van der Waals surface area contributed by atoms with Crippen molar-refractivity contribution in [1.82, 2.24) is 30.5 Å². The van der Waals surface area contributed by atoms with Gasteiger partial charge in [0.2, 0.25) is 11.8 Å². The van der Waals surface area contributed by atoms with Crippen molar-refractivity contribution in [1.29, 1.82) is 0 Å². The summed E-state index contributed by atoms with van der Waals surface area (Å²) in [5.41, 5.74) is 0.900. The van der Waals surface area contributed by atoms with Gasteiger partial charge < -0.3 is 29.9 Å². The van der Waals surface area contributed by atoms with Crippen molar-refractivity contribution < 1.29 is 28.7 Å². The van der Waals surface area contributed by atoms with Gasteiger partial charge in [-0.2, -0.15) is 0 Å². The molecule has 5 amide bonds. The summed E-state index contributed by atoms with van der Waals surface area (Å²) in [5.74, 6) is 0.378. The van der Waals surface area contributed by atoms with Crippen molar-refractivity contribution in [2.75, 3.05) is 46.9 Å². The van der Waals surface area contributed by atoms with Gasteiger partial charge >= 0.3 is 12.1 Å². The molecule has 2 aliphatic rings. The third-order valence-corrected chi connectivity index (χ3v) is 6.79. The topological polar surface area (TPSA) is 124 Å². The van der Waals surface area contributed by atoms with E-state index in [1.54, 1.807) is 29.0 Å². The van der Waals surface area contributed by atoms with Crippen LogP contribution in [-0.2, 0) is 20.9 Å². The first-order valence-corrected chi connectivity index (χ1v) is 13.3. The van der Waals surface area contributed by atoms with Crippen molar-refractivity contribution >= 4 is 23.9 Å². The van der Waals surface area contributed by atoms with Crippen LogP contribution in [0.25, 0.3) is 0 Å². The van der Waals surface area contributed by atoms with Gasteiger partial charge in [-0.25, -0.2) is 19.6 Å². The summed E-state index contributed by atoms with van der Waals surface area (Å²) in [7, 11) is 3.29. The number of amides is 5. The highest BCUT2D eigenvalue weighted by atomic mass is 16.5. The molecule has 3 rings (SSSR count). The SMILES string of the molecule is C=CCOC(=O)NCCC[C@H]1C(=O)N(CCCC)C[C@H]2N1C(=O)CN(C)N2C(=O)NCc1ccc(OC)cc1. The molecule has 0 bridgehead atoms. The summed E-state index contributed by atoms with van der Waals surface area (Å²) in [4.78, 5) is 55.2. The first-order chi connectivity index (χ1) is 18.8. The molecule has 2 fully saturated rings. The molecule has 1 aromatic carbocycles. The lowest BCUT2D eigenvalue weighted by atomic mass is 10.0. The molecular weight excluding hydrogens is 504 g/mol. The summed E-state index contributed by atoms with van der Waals surface area (Å²) in [5, 5.41) is 8.73. The van der Waals surface area contributed by atoms with E-state index in [2.05, 4.69) is 17.2 Å². The predicted molar refractivity (Wildman–Crippen MR) is 144 cm³/mol. The molecule has 2 atom stereocenters. The van der Waals surface area contributed by atoms with Crippen LogP contribution in [0.15, 0.2) is 36.9 Å². The Morgan fingerprint density at radius 1 is 1.15 bits per heavy atom. The molecule has 2 heterocycles. The number of fused-ring (bicyclic) bond motifs is 1. The lowest BCUT2D eigenvalue weighted by Crippen LogP contribution is -2.76. The van der Waals surface area contributed by atoms with Gasteiger partial charge in [-0.1, -0.05) is 38.1 Å². The number of hydrazine groups is 1. The number of hydrogen-bond donors (Lipinski definition) is 2. The van der Waals surface area contributed by atoms with Crippen LogP contribution in [0.2, 0.25) is 0 Å². The highest BCUT2D eigenvalue weighted by Crippen LogP contribution is 2.28. The Bertz CT molecular complexity index is 1020.